The van der Waals surface area contributed by atoms with E-state index in [0.717, 1.165) is 33.7 Å². The Morgan fingerprint density at radius 3 is 2.70 bits per heavy atom. The molecule has 130 valence electrons. The third-order valence-electron chi connectivity index (χ3n) is 4.54. The molecule has 0 aliphatic heterocycles. The minimum absolute atomic E-state index is 0.612. The van der Waals surface area contributed by atoms with Crippen LogP contribution in [0.1, 0.15) is 17.0 Å². The van der Waals surface area contributed by atoms with Gasteiger partial charge in [-0.05, 0) is 34.9 Å². The van der Waals surface area contributed by atoms with Crippen molar-refractivity contribution in [2.24, 2.45) is 0 Å². The number of imidazole rings is 1. The van der Waals surface area contributed by atoms with E-state index in [9.17, 15) is 5.26 Å². The smallest absolute Gasteiger partial charge is 0.160 e. The van der Waals surface area contributed by atoms with Gasteiger partial charge in [-0.2, -0.15) is 5.26 Å². The molecule has 0 fully saturated rings. The highest BCUT2D eigenvalue weighted by molar-refractivity contribution is 5.72. The van der Waals surface area contributed by atoms with E-state index >= 15 is 0 Å². The Bertz CT molecular complexity index is 1150. The monoisotopic (exact) mass is 350 g/mol. The van der Waals surface area contributed by atoms with Gasteiger partial charge in [0.05, 0.1) is 18.2 Å². The number of nitrogens with zero attached hydrogens (tertiary/aromatic N) is 4. The van der Waals surface area contributed by atoms with Gasteiger partial charge < -0.3 is 4.57 Å². The highest BCUT2D eigenvalue weighted by Crippen LogP contribution is 2.25. The molecule has 0 aliphatic rings. The first-order valence-corrected chi connectivity index (χ1v) is 8.79. The number of aromatic nitrogens is 3. The number of hydrogen-bond acceptors (Lipinski definition) is 3. The minimum atomic E-state index is 0.612. The van der Waals surface area contributed by atoms with Gasteiger partial charge in [0.15, 0.2) is 5.65 Å². The maximum absolute atomic E-state index is 9.65. The Balaban J connectivity index is 1.76. The van der Waals surface area contributed by atoms with Gasteiger partial charge in [0.25, 0.3) is 0 Å². The molecule has 2 aromatic heterocycles. The number of allylic oxidation sites excluding steroid dienone is 1. The summed E-state index contributed by atoms with van der Waals surface area (Å²) in [4.78, 5) is 9.16. The lowest BCUT2D eigenvalue weighted by Gasteiger charge is -2.10. The highest BCUT2D eigenvalue weighted by atomic mass is 15.1. The molecule has 2 aromatic carbocycles. The molecule has 4 nitrogen and oxygen atoms in total. The van der Waals surface area contributed by atoms with Crippen molar-refractivity contribution >= 4 is 11.2 Å². The van der Waals surface area contributed by atoms with E-state index in [1.54, 1.807) is 6.20 Å². The largest absolute Gasteiger partial charge is 0.308 e. The molecule has 0 bridgehead atoms. The zero-order chi connectivity index (χ0) is 18.6. The Hall–Kier alpha value is -3.71. The van der Waals surface area contributed by atoms with Crippen molar-refractivity contribution in [1.82, 2.24) is 14.5 Å². The van der Waals surface area contributed by atoms with Crippen molar-refractivity contribution in [3.63, 3.8) is 0 Å². The van der Waals surface area contributed by atoms with Gasteiger partial charge >= 0.3 is 0 Å². The van der Waals surface area contributed by atoms with E-state index in [-0.39, 0.29) is 0 Å². The fourth-order valence-electron chi connectivity index (χ4n) is 3.29. The summed E-state index contributed by atoms with van der Waals surface area (Å²) in [7, 11) is 0. The van der Waals surface area contributed by atoms with E-state index in [1.165, 1.54) is 0 Å². The number of nitriles is 1. The van der Waals surface area contributed by atoms with Gasteiger partial charge in [-0.1, -0.05) is 48.5 Å². The van der Waals surface area contributed by atoms with Crippen molar-refractivity contribution in [3.05, 3.63) is 96.5 Å². The number of rotatable bonds is 5. The first-order valence-electron chi connectivity index (χ1n) is 8.79. The van der Waals surface area contributed by atoms with Gasteiger partial charge in [-0.25, -0.2) is 9.97 Å². The first-order chi connectivity index (χ1) is 13.3. The van der Waals surface area contributed by atoms with Crippen molar-refractivity contribution in [1.29, 1.82) is 5.26 Å². The Labute approximate surface area is 158 Å². The fourth-order valence-corrected chi connectivity index (χ4v) is 3.29. The average Bonchev–Trinajstić information content (AvgIpc) is 3.06. The molecule has 0 unspecified atom stereocenters. The molecule has 0 saturated heterocycles. The molecule has 4 rings (SSSR count). The number of hydrogen-bond donors (Lipinski definition) is 0. The van der Waals surface area contributed by atoms with Crippen LogP contribution in [0.2, 0.25) is 0 Å². The summed E-state index contributed by atoms with van der Waals surface area (Å²) in [6.07, 6.45) is 4.29. The number of fused-ring (bicyclic) bond motifs is 1. The van der Waals surface area contributed by atoms with E-state index in [4.69, 9.17) is 0 Å². The topological polar surface area (TPSA) is 54.5 Å². The molecule has 0 amide bonds. The normalized spacial score (nSPS) is 10.6. The number of pyridine rings is 1. The molecular formula is C23H18N4. The number of benzene rings is 2. The molecule has 4 aromatic rings. The standard InChI is InChI=1S/C23H18N4/c1-2-7-22-26-21-10-6-13-25-23(21)27(22)16-17-11-12-20(19(14-17)15-24)18-8-4-3-5-9-18/h2-6,8-14H,1,7,16H2. The minimum Gasteiger partial charge on any atom is -0.308 e. The van der Waals surface area contributed by atoms with Crippen molar-refractivity contribution in [2.75, 3.05) is 0 Å². The molecule has 27 heavy (non-hydrogen) atoms. The summed E-state index contributed by atoms with van der Waals surface area (Å²) in [5.74, 6) is 0.921. The zero-order valence-corrected chi connectivity index (χ0v) is 14.8. The van der Waals surface area contributed by atoms with Crippen LogP contribution in [0.4, 0.5) is 0 Å². The van der Waals surface area contributed by atoms with Crippen LogP contribution >= 0.6 is 0 Å². The molecule has 0 N–H and O–H groups in total. The van der Waals surface area contributed by atoms with Crippen LogP contribution in [0, 0.1) is 11.3 Å². The molecule has 2 heterocycles. The van der Waals surface area contributed by atoms with Gasteiger partial charge in [-0.3, -0.25) is 0 Å². The molecule has 0 saturated carbocycles. The third kappa shape index (κ3) is 3.23. The third-order valence-corrected chi connectivity index (χ3v) is 4.54. The quantitative estimate of drug-likeness (QED) is 0.488. The van der Waals surface area contributed by atoms with Crippen LogP contribution in [0.25, 0.3) is 22.3 Å². The molecule has 0 aliphatic carbocycles. The predicted octanol–water partition coefficient (Wildman–Crippen LogP) is 4.75. The van der Waals surface area contributed by atoms with Crippen LogP contribution < -0.4 is 0 Å². The van der Waals surface area contributed by atoms with Crippen molar-refractivity contribution in [3.8, 4) is 17.2 Å². The van der Waals surface area contributed by atoms with Crippen LogP contribution in [0.15, 0.2) is 79.5 Å². The van der Waals surface area contributed by atoms with E-state index < -0.39 is 0 Å². The Morgan fingerprint density at radius 1 is 1.07 bits per heavy atom. The summed E-state index contributed by atoms with van der Waals surface area (Å²) in [5.41, 5.74) is 5.42. The SMILES string of the molecule is C=CCc1nc2cccnc2n1Cc1ccc(-c2ccccc2)c(C#N)c1. The second kappa shape index (κ2) is 7.27. The highest BCUT2D eigenvalue weighted by Gasteiger charge is 2.12. The Morgan fingerprint density at radius 2 is 1.93 bits per heavy atom. The first kappa shape index (κ1) is 16.7. The summed E-state index contributed by atoms with van der Waals surface area (Å²) < 4.78 is 2.09. The van der Waals surface area contributed by atoms with Gasteiger partial charge in [0, 0.05) is 12.6 Å². The molecule has 0 spiro atoms. The van der Waals surface area contributed by atoms with Gasteiger partial charge in [0.2, 0.25) is 0 Å². The van der Waals surface area contributed by atoms with E-state index in [2.05, 4.69) is 33.2 Å². The predicted molar refractivity (Wildman–Crippen MR) is 107 cm³/mol. The summed E-state index contributed by atoms with van der Waals surface area (Å²) in [6.45, 7) is 4.44. The summed E-state index contributed by atoms with van der Waals surface area (Å²) in [5, 5.41) is 9.65. The molecule has 0 atom stereocenters. The molecule has 0 radical (unpaired) electrons. The fraction of sp³-hybridized carbons (Fsp3) is 0.0870. The molecular weight excluding hydrogens is 332 g/mol. The lowest BCUT2D eigenvalue weighted by Crippen LogP contribution is -2.06. The molecule has 4 heteroatoms. The Kier molecular flexibility index (Phi) is 4.51. The van der Waals surface area contributed by atoms with Gasteiger partial charge in [0.1, 0.15) is 11.3 Å². The second-order valence-electron chi connectivity index (χ2n) is 6.31. The second-order valence-corrected chi connectivity index (χ2v) is 6.31. The van der Waals surface area contributed by atoms with Crippen LogP contribution in [0.3, 0.4) is 0 Å². The zero-order valence-electron chi connectivity index (χ0n) is 14.8. The van der Waals surface area contributed by atoms with Crippen molar-refractivity contribution < 1.29 is 0 Å². The van der Waals surface area contributed by atoms with E-state index in [0.29, 0.717) is 18.5 Å². The maximum atomic E-state index is 9.65. The van der Waals surface area contributed by atoms with Crippen LogP contribution in [-0.2, 0) is 13.0 Å². The van der Waals surface area contributed by atoms with Crippen molar-refractivity contribution in [2.45, 2.75) is 13.0 Å². The lowest BCUT2D eigenvalue weighted by atomic mass is 9.98. The van der Waals surface area contributed by atoms with Crippen LogP contribution in [-0.4, -0.2) is 14.5 Å². The van der Waals surface area contributed by atoms with Gasteiger partial charge in [-0.15, -0.1) is 6.58 Å². The maximum Gasteiger partial charge on any atom is 0.160 e. The summed E-state index contributed by atoms with van der Waals surface area (Å²) in [6, 6.07) is 22.2. The van der Waals surface area contributed by atoms with E-state index in [1.807, 2.05) is 60.7 Å². The lowest BCUT2D eigenvalue weighted by molar-refractivity contribution is 0.760. The average molecular weight is 350 g/mol. The van der Waals surface area contributed by atoms with Crippen LogP contribution in [0.5, 0.6) is 0 Å². The summed E-state index contributed by atoms with van der Waals surface area (Å²) >= 11 is 0.